The number of hydrogen-bond donors (Lipinski definition) is 0. The Kier molecular flexibility index (Phi) is 5.24. The highest BCUT2D eigenvalue weighted by molar-refractivity contribution is 7.11. The van der Waals surface area contributed by atoms with Gasteiger partial charge in [0.15, 0.2) is 6.29 Å². The van der Waals surface area contributed by atoms with Crippen LogP contribution in [-0.4, -0.2) is 19.1 Å². The Morgan fingerprint density at radius 1 is 1.24 bits per heavy atom. The minimum absolute atomic E-state index is 0.253. The van der Waals surface area contributed by atoms with Crippen LogP contribution in [0.3, 0.4) is 0 Å². The third-order valence-corrected chi connectivity index (χ3v) is 5.13. The molecule has 0 saturated carbocycles. The molecule has 3 rings (SSSR count). The molecule has 0 unspecified atom stereocenters. The van der Waals surface area contributed by atoms with Gasteiger partial charge in [0.2, 0.25) is 0 Å². The number of nitrogens with zero attached hydrogens (tertiary/aromatic N) is 1. The molecule has 0 amide bonds. The highest BCUT2D eigenvalue weighted by Crippen LogP contribution is 2.44. The second-order valence-corrected chi connectivity index (χ2v) is 6.79. The zero-order chi connectivity index (χ0) is 17.8. The van der Waals surface area contributed by atoms with Gasteiger partial charge in [-0.2, -0.15) is 0 Å². The molecule has 0 atom stereocenters. The van der Waals surface area contributed by atoms with Crippen LogP contribution in [0, 0.1) is 12.7 Å². The molecule has 0 radical (unpaired) electrons. The van der Waals surface area contributed by atoms with E-state index in [1.807, 2.05) is 13.0 Å². The number of thiophene rings is 1. The number of fused-ring (bicyclic) bond motifs is 1. The molecule has 0 N–H and O–H groups in total. The zero-order valence-electron chi connectivity index (χ0n) is 14.1. The molecule has 3 nitrogen and oxygen atoms in total. The number of aldehydes is 1. The van der Waals surface area contributed by atoms with Gasteiger partial charge in [0.1, 0.15) is 18.6 Å². The fourth-order valence-electron chi connectivity index (χ4n) is 3.02. The van der Waals surface area contributed by atoms with Crippen molar-refractivity contribution in [1.82, 2.24) is 0 Å². The van der Waals surface area contributed by atoms with E-state index in [0.29, 0.717) is 19.3 Å². The molecule has 1 heterocycles. The zero-order valence-corrected chi connectivity index (χ0v) is 14.9. The molecular weight excluding hydrogens is 337 g/mol. The van der Waals surface area contributed by atoms with Crippen LogP contribution in [0.5, 0.6) is 0 Å². The molecule has 1 aromatic carbocycles. The van der Waals surface area contributed by atoms with Crippen molar-refractivity contribution in [2.75, 3.05) is 6.61 Å². The van der Waals surface area contributed by atoms with E-state index in [0.717, 1.165) is 34.1 Å². The number of hydrogen-bond acceptors (Lipinski definition) is 4. The molecule has 0 saturated heterocycles. The Labute approximate surface area is 150 Å². The van der Waals surface area contributed by atoms with Crippen LogP contribution in [0.1, 0.15) is 34.9 Å². The van der Waals surface area contributed by atoms with Gasteiger partial charge in [-0.05, 0) is 76.9 Å². The highest BCUT2D eigenvalue weighted by atomic mass is 32.1. The van der Waals surface area contributed by atoms with Crippen molar-refractivity contribution in [2.45, 2.75) is 20.3 Å². The fraction of sp³-hybridized carbons (Fsp3) is 0.200. The van der Waals surface area contributed by atoms with Crippen LogP contribution in [0.25, 0.3) is 17.2 Å². The van der Waals surface area contributed by atoms with E-state index in [-0.39, 0.29) is 5.82 Å². The first-order valence-corrected chi connectivity index (χ1v) is 8.84. The number of aryl methyl sites for hydroxylation is 1. The van der Waals surface area contributed by atoms with Crippen LogP contribution in [-0.2, 0) is 9.63 Å². The maximum Gasteiger partial charge on any atom is 0.164 e. The van der Waals surface area contributed by atoms with Gasteiger partial charge < -0.3 is 4.84 Å². The first kappa shape index (κ1) is 17.3. The topological polar surface area (TPSA) is 38.7 Å². The van der Waals surface area contributed by atoms with Crippen molar-refractivity contribution in [3.8, 4) is 0 Å². The molecular formula is C20H18FNO2S. The number of rotatable bonds is 6. The monoisotopic (exact) mass is 355 g/mol. The summed E-state index contributed by atoms with van der Waals surface area (Å²) in [5.74, 6) is -0.253. The third-order valence-electron chi connectivity index (χ3n) is 4.13. The van der Waals surface area contributed by atoms with Gasteiger partial charge in [-0.15, -0.1) is 11.3 Å². The van der Waals surface area contributed by atoms with Crippen molar-refractivity contribution in [1.29, 1.82) is 0 Å². The molecule has 0 spiro atoms. The Hall–Kier alpha value is -2.53. The van der Waals surface area contributed by atoms with E-state index in [2.05, 4.69) is 29.6 Å². The van der Waals surface area contributed by atoms with Crippen LogP contribution >= 0.6 is 11.3 Å². The van der Waals surface area contributed by atoms with Gasteiger partial charge in [-0.25, -0.2) is 4.39 Å². The van der Waals surface area contributed by atoms with Gasteiger partial charge in [0.25, 0.3) is 0 Å². The van der Waals surface area contributed by atoms with Crippen molar-refractivity contribution in [2.24, 2.45) is 5.16 Å². The maximum atomic E-state index is 13.8. The molecule has 1 aliphatic rings. The summed E-state index contributed by atoms with van der Waals surface area (Å²) in [4.78, 5) is 16.5. The Morgan fingerprint density at radius 2 is 2.08 bits per heavy atom. The smallest absolute Gasteiger partial charge is 0.164 e. The Balaban J connectivity index is 1.95. The van der Waals surface area contributed by atoms with Gasteiger partial charge in [0, 0.05) is 11.3 Å². The minimum Gasteiger partial charge on any atom is -0.395 e. The van der Waals surface area contributed by atoms with E-state index >= 15 is 0 Å². The standard InChI is InChI=1S/C20H18FNO2S/c1-13-9-16(25-12-13)11-19-14(2)17(5-8-24-22-6-7-23)20-10-15(21)3-4-18(19)20/h3-4,6-7,9-12H,5,8H2,1-2H3. The SMILES string of the molecule is CC1=C(CCON=CC=O)c2cc(F)ccc2C1=Cc1cc(C)cs1. The molecule has 0 bridgehead atoms. The summed E-state index contributed by atoms with van der Waals surface area (Å²) >= 11 is 1.69. The van der Waals surface area contributed by atoms with Crippen molar-refractivity contribution < 1.29 is 14.0 Å². The summed E-state index contributed by atoms with van der Waals surface area (Å²) in [7, 11) is 0. The van der Waals surface area contributed by atoms with Crippen LogP contribution < -0.4 is 0 Å². The molecule has 128 valence electrons. The van der Waals surface area contributed by atoms with E-state index in [1.165, 1.54) is 16.5 Å². The van der Waals surface area contributed by atoms with E-state index in [9.17, 15) is 9.18 Å². The molecule has 0 fully saturated rings. The first-order chi connectivity index (χ1) is 12.1. The predicted molar refractivity (Wildman–Crippen MR) is 101 cm³/mol. The van der Waals surface area contributed by atoms with Crippen LogP contribution in [0.4, 0.5) is 4.39 Å². The van der Waals surface area contributed by atoms with Crippen LogP contribution in [0.2, 0.25) is 0 Å². The summed E-state index contributed by atoms with van der Waals surface area (Å²) in [6.07, 6.45) is 4.38. The predicted octanol–water partition coefficient (Wildman–Crippen LogP) is 5.11. The number of oxime groups is 1. The number of halogens is 1. The van der Waals surface area contributed by atoms with Crippen LogP contribution in [0.15, 0.2) is 40.4 Å². The molecule has 2 aromatic rings. The van der Waals surface area contributed by atoms with E-state index in [4.69, 9.17) is 4.84 Å². The average molecular weight is 355 g/mol. The lowest BCUT2D eigenvalue weighted by Gasteiger charge is -2.05. The average Bonchev–Trinajstić information content (AvgIpc) is 3.10. The third kappa shape index (κ3) is 3.77. The van der Waals surface area contributed by atoms with Gasteiger partial charge in [0.05, 0.1) is 0 Å². The quantitative estimate of drug-likeness (QED) is 0.312. The molecule has 1 aliphatic carbocycles. The summed E-state index contributed by atoms with van der Waals surface area (Å²) in [5.41, 5.74) is 6.46. The molecule has 0 aliphatic heterocycles. The molecule has 25 heavy (non-hydrogen) atoms. The lowest BCUT2D eigenvalue weighted by atomic mass is 10.0. The Bertz CT molecular complexity index is 893. The van der Waals surface area contributed by atoms with Gasteiger partial charge >= 0.3 is 0 Å². The van der Waals surface area contributed by atoms with Gasteiger partial charge in [-0.3, -0.25) is 4.79 Å². The van der Waals surface area contributed by atoms with Crippen molar-refractivity contribution in [3.63, 3.8) is 0 Å². The maximum absolute atomic E-state index is 13.8. The summed E-state index contributed by atoms with van der Waals surface area (Å²) in [6.45, 7) is 4.45. The second kappa shape index (κ2) is 7.57. The number of benzene rings is 1. The largest absolute Gasteiger partial charge is 0.395 e. The molecule has 1 aromatic heterocycles. The van der Waals surface area contributed by atoms with Crippen molar-refractivity contribution in [3.05, 3.63) is 62.6 Å². The number of carbonyl (C=O) groups excluding carboxylic acids is 1. The summed E-state index contributed by atoms with van der Waals surface area (Å²) in [6, 6.07) is 7.04. The lowest BCUT2D eigenvalue weighted by Crippen LogP contribution is -1.93. The molecule has 5 heteroatoms. The first-order valence-electron chi connectivity index (χ1n) is 7.96. The second-order valence-electron chi connectivity index (χ2n) is 5.85. The lowest BCUT2D eigenvalue weighted by molar-refractivity contribution is -0.102. The van der Waals surface area contributed by atoms with E-state index < -0.39 is 0 Å². The fourth-order valence-corrected chi connectivity index (χ4v) is 3.85. The summed E-state index contributed by atoms with van der Waals surface area (Å²) < 4.78 is 13.8. The summed E-state index contributed by atoms with van der Waals surface area (Å²) in [5, 5.41) is 5.65. The normalized spacial score (nSPS) is 15.2. The van der Waals surface area contributed by atoms with E-state index in [1.54, 1.807) is 17.4 Å². The minimum atomic E-state index is -0.253. The van der Waals surface area contributed by atoms with Gasteiger partial charge in [-0.1, -0.05) is 11.2 Å². The number of carbonyl (C=O) groups is 1. The highest BCUT2D eigenvalue weighted by Gasteiger charge is 2.24. The Morgan fingerprint density at radius 3 is 2.80 bits per heavy atom. The number of allylic oxidation sites excluding steroid dienone is 2. The van der Waals surface area contributed by atoms with Crippen molar-refractivity contribution >= 4 is 41.1 Å².